The Hall–Kier alpha value is -2.57. The number of ether oxygens (including phenoxy) is 1. The molecule has 0 spiro atoms. The fourth-order valence-electron chi connectivity index (χ4n) is 3.82. The van der Waals surface area contributed by atoms with Crippen molar-refractivity contribution in [3.05, 3.63) is 34.9 Å². The van der Waals surface area contributed by atoms with E-state index < -0.39 is 23.8 Å². The highest BCUT2D eigenvalue weighted by molar-refractivity contribution is 5.92. The molecule has 0 fully saturated rings. The minimum Gasteiger partial charge on any atom is -0.444 e. The molecular formula is C27H45N3O4. The third kappa shape index (κ3) is 10.1. The largest absolute Gasteiger partial charge is 0.444 e. The highest BCUT2D eigenvalue weighted by Crippen LogP contribution is 2.25. The molecule has 34 heavy (non-hydrogen) atoms. The Morgan fingerprint density at radius 1 is 0.971 bits per heavy atom. The van der Waals surface area contributed by atoms with Crippen molar-refractivity contribution in [2.24, 2.45) is 0 Å². The molecule has 7 nitrogen and oxygen atoms in total. The molecule has 2 atom stereocenters. The van der Waals surface area contributed by atoms with Crippen LogP contribution < -0.4 is 10.6 Å². The number of hydrogen-bond acceptors (Lipinski definition) is 4. The number of rotatable bonds is 12. The van der Waals surface area contributed by atoms with Crippen LogP contribution in [-0.4, -0.2) is 47.5 Å². The zero-order valence-electron chi connectivity index (χ0n) is 22.4. The lowest BCUT2D eigenvalue weighted by atomic mass is 9.98. The van der Waals surface area contributed by atoms with Crippen LogP contribution in [0.2, 0.25) is 0 Å². The number of benzene rings is 1. The number of amides is 3. The van der Waals surface area contributed by atoms with Crippen molar-refractivity contribution in [1.82, 2.24) is 15.5 Å². The van der Waals surface area contributed by atoms with E-state index in [2.05, 4.69) is 24.5 Å². The molecule has 0 heterocycles. The lowest BCUT2D eigenvalue weighted by Crippen LogP contribution is -2.52. The van der Waals surface area contributed by atoms with Gasteiger partial charge in [0.1, 0.15) is 17.7 Å². The number of nitrogens with zero attached hydrogens (tertiary/aromatic N) is 1. The lowest BCUT2D eigenvalue weighted by molar-refractivity contribution is -0.142. The summed E-state index contributed by atoms with van der Waals surface area (Å²) in [5.74, 6) is -0.510. The summed E-state index contributed by atoms with van der Waals surface area (Å²) in [7, 11) is 0. The van der Waals surface area contributed by atoms with Gasteiger partial charge >= 0.3 is 6.09 Å². The van der Waals surface area contributed by atoms with Crippen LogP contribution in [-0.2, 0) is 14.3 Å². The number of hydrogen-bond donors (Lipinski definition) is 2. The zero-order chi connectivity index (χ0) is 25.9. The summed E-state index contributed by atoms with van der Waals surface area (Å²) in [6.45, 7) is 16.1. The first-order chi connectivity index (χ1) is 15.9. The Morgan fingerprint density at radius 2 is 1.56 bits per heavy atom. The monoisotopic (exact) mass is 475 g/mol. The SMILES string of the molecule is CCCCCN(C(=O)C(C)NC(=O)OC(C)(C)C)C(C(=O)NCCCC)c1cc(C)cc(C)c1. The lowest BCUT2D eigenvalue weighted by Gasteiger charge is -2.34. The topological polar surface area (TPSA) is 87.7 Å². The van der Waals surface area contributed by atoms with Gasteiger partial charge in [0.15, 0.2) is 0 Å². The molecule has 1 aromatic rings. The Morgan fingerprint density at radius 3 is 2.09 bits per heavy atom. The van der Waals surface area contributed by atoms with Gasteiger partial charge < -0.3 is 20.3 Å². The smallest absolute Gasteiger partial charge is 0.408 e. The molecule has 0 saturated heterocycles. The minimum absolute atomic E-state index is 0.201. The molecule has 7 heteroatoms. The Labute approximate surface area is 206 Å². The fraction of sp³-hybridized carbons (Fsp3) is 0.667. The van der Waals surface area contributed by atoms with E-state index in [1.165, 1.54) is 0 Å². The average molecular weight is 476 g/mol. The fourth-order valence-corrected chi connectivity index (χ4v) is 3.82. The number of alkyl carbamates (subject to hydrolysis) is 1. The van der Waals surface area contributed by atoms with Gasteiger partial charge in [-0.2, -0.15) is 0 Å². The van der Waals surface area contributed by atoms with Crippen molar-refractivity contribution in [2.75, 3.05) is 13.1 Å². The Balaban J connectivity index is 3.32. The first kappa shape index (κ1) is 29.5. The van der Waals surface area contributed by atoms with Gasteiger partial charge in [-0.25, -0.2) is 4.79 Å². The summed E-state index contributed by atoms with van der Waals surface area (Å²) in [5.41, 5.74) is 2.17. The maximum Gasteiger partial charge on any atom is 0.408 e. The van der Waals surface area contributed by atoms with E-state index in [1.54, 1.807) is 32.6 Å². The van der Waals surface area contributed by atoms with E-state index >= 15 is 0 Å². The molecule has 0 aliphatic heterocycles. The van der Waals surface area contributed by atoms with Gasteiger partial charge in [0.25, 0.3) is 0 Å². The van der Waals surface area contributed by atoms with Crippen LogP contribution in [0.1, 0.15) is 96.4 Å². The molecule has 2 unspecified atom stereocenters. The van der Waals surface area contributed by atoms with E-state index in [4.69, 9.17) is 4.74 Å². The second-order valence-electron chi connectivity index (χ2n) is 10.1. The van der Waals surface area contributed by atoms with Crippen LogP contribution >= 0.6 is 0 Å². The van der Waals surface area contributed by atoms with E-state index in [9.17, 15) is 14.4 Å². The van der Waals surface area contributed by atoms with Gasteiger partial charge in [-0.3, -0.25) is 9.59 Å². The van der Waals surface area contributed by atoms with Crippen LogP contribution in [0.3, 0.4) is 0 Å². The molecule has 0 saturated carbocycles. The van der Waals surface area contributed by atoms with Gasteiger partial charge in [-0.15, -0.1) is 0 Å². The number of carbonyl (C=O) groups excluding carboxylic acids is 3. The van der Waals surface area contributed by atoms with E-state index in [0.717, 1.165) is 48.8 Å². The van der Waals surface area contributed by atoms with Gasteiger partial charge in [0.2, 0.25) is 11.8 Å². The van der Waals surface area contributed by atoms with Crippen molar-refractivity contribution in [2.45, 2.75) is 105 Å². The quantitative estimate of drug-likeness (QED) is 0.407. The second-order valence-corrected chi connectivity index (χ2v) is 10.1. The summed E-state index contributed by atoms with van der Waals surface area (Å²) in [5, 5.41) is 5.66. The highest BCUT2D eigenvalue weighted by Gasteiger charge is 2.34. The first-order valence-corrected chi connectivity index (χ1v) is 12.6. The van der Waals surface area contributed by atoms with Crippen molar-refractivity contribution >= 4 is 17.9 Å². The predicted molar refractivity (Wildman–Crippen MR) is 137 cm³/mol. The van der Waals surface area contributed by atoms with Crippen molar-refractivity contribution in [3.63, 3.8) is 0 Å². The first-order valence-electron chi connectivity index (χ1n) is 12.6. The molecule has 1 aromatic carbocycles. The van der Waals surface area contributed by atoms with Crippen LogP contribution in [0.25, 0.3) is 0 Å². The number of carbonyl (C=O) groups is 3. The van der Waals surface area contributed by atoms with E-state index in [0.29, 0.717) is 13.1 Å². The number of nitrogens with one attached hydrogen (secondary N) is 2. The van der Waals surface area contributed by atoms with Gasteiger partial charge in [0, 0.05) is 13.1 Å². The third-order valence-corrected chi connectivity index (χ3v) is 5.34. The van der Waals surface area contributed by atoms with Gasteiger partial charge in [-0.05, 0) is 59.9 Å². The van der Waals surface area contributed by atoms with Crippen LogP contribution in [0, 0.1) is 13.8 Å². The molecular weight excluding hydrogens is 430 g/mol. The summed E-state index contributed by atoms with van der Waals surface area (Å²) in [6, 6.07) is 4.36. The molecule has 0 aliphatic rings. The molecule has 0 aromatic heterocycles. The Bertz CT molecular complexity index is 796. The maximum absolute atomic E-state index is 13.6. The van der Waals surface area contributed by atoms with Crippen LogP contribution in [0.4, 0.5) is 4.79 Å². The number of unbranched alkanes of at least 4 members (excludes halogenated alkanes) is 3. The standard InChI is InChI=1S/C27H45N3O4/c1-9-11-13-15-30(25(32)21(5)29-26(33)34-27(6,7)8)23(24(31)28-14-12-10-2)22-17-19(3)16-20(4)18-22/h16-18,21,23H,9-15H2,1-8H3,(H,28,31)(H,29,33). The normalized spacial score (nSPS) is 13.1. The maximum atomic E-state index is 13.6. The third-order valence-electron chi connectivity index (χ3n) is 5.34. The minimum atomic E-state index is -0.840. The second kappa shape index (κ2) is 14.0. The summed E-state index contributed by atoms with van der Waals surface area (Å²) in [6.07, 6.45) is 3.87. The zero-order valence-corrected chi connectivity index (χ0v) is 22.4. The molecule has 3 amide bonds. The average Bonchev–Trinajstić information content (AvgIpc) is 2.70. The van der Waals surface area contributed by atoms with Crippen molar-refractivity contribution in [3.8, 4) is 0 Å². The van der Waals surface area contributed by atoms with Gasteiger partial charge in [0.05, 0.1) is 0 Å². The molecule has 1 rings (SSSR count). The van der Waals surface area contributed by atoms with Crippen LogP contribution in [0.15, 0.2) is 18.2 Å². The highest BCUT2D eigenvalue weighted by atomic mass is 16.6. The van der Waals surface area contributed by atoms with Crippen LogP contribution in [0.5, 0.6) is 0 Å². The van der Waals surface area contributed by atoms with Gasteiger partial charge in [-0.1, -0.05) is 62.4 Å². The molecule has 2 N–H and O–H groups in total. The molecule has 0 aliphatic carbocycles. The van der Waals surface area contributed by atoms with E-state index in [-0.39, 0.29) is 11.8 Å². The summed E-state index contributed by atoms with van der Waals surface area (Å²) >= 11 is 0. The molecule has 0 bridgehead atoms. The summed E-state index contributed by atoms with van der Waals surface area (Å²) < 4.78 is 5.33. The van der Waals surface area contributed by atoms with E-state index in [1.807, 2.05) is 32.0 Å². The molecule has 192 valence electrons. The van der Waals surface area contributed by atoms with Crippen molar-refractivity contribution in [1.29, 1.82) is 0 Å². The predicted octanol–water partition coefficient (Wildman–Crippen LogP) is 5.19. The Kier molecular flexibility index (Phi) is 12.1. The summed E-state index contributed by atoms with van der Waals surface area (Å²) in [4.78, 5) is 41.0. The number of aryl methyl sites for hydroxylation is 2. The van der Waals surface area contributed by atoms with Crippen molar-refractivity contribution < 1.29 is 19.1 Å². The molecule has 0 radical (unpaired) electrons.